The van der Waals surface area contributed by atoms with E-state index in [-0.39, 0.29) is 31.1 Å². The van der Waals surface area contributed by atoms with E-state index >= 15 is 0 Å². The molecule has 5 nitrogen and oxygen atoms in total. The fourth-order valence-electron chi connectivity index (χ4n) is 3.81. The van der Waals surface area contributed by atoms with Crippen LogP contribution in [-0.2, 0) is 23.9 Å². The molecule has 0 aliphatic carbocycles. The Bertz CT molecular complexity index is 475. The van der Waals surface area contributed by atoms with Gasteiger partial charge in [0.1, 0.15) is 5.78 Å². The molecule has 196 valence electrons. The standard InChI is InChI=1S/C27H50O5.CH4/c1-4-6-8-10-12-14-21-31-26(29)20-19-25(18-16-17-24(3)28)23-27(30)32-22-15-13-11-9-7-5-2;/h25H,4-23H2,1-3H3;1H4. The third kappa shape index (κ3) is 25.1. The second-order valence-electron chi connectivity index (χ2n) is 9.18. The van der Waals surface area contributed by atoms with Gasteiger partial charge in [-0.2, -0.15) is 0 Å². The smallest absolute Gasteiger partial charge is 0.306 e. The van der Waals surface area contributed by atoms with Crippen LogP contribution in [0.3, 0.4) is 0 Å². The molecule has 0 aliphatic rings. The van der Waals surface area contributed by atoms with Gasteiger partial charge in [-0.15, -0.1) is 0 Å². The maximum atomic E-state index is 12.2. The van der Waals surface area contributed by atoms with E-state index in [4.69, 9.17) is 9.47 Å². The van der Waals surface area contributed by atoms with E-state index in [1.165, 1.54) is 51.4 Å². The van der Waals surface area contributed by atoms with E-state index in [9.17, 15) is 14.4 Å². The fourth-order valence-corrected chi connectivity index (χ4v) is 3.81. The summed E-state index contributed by atoms with van der Waals surface area (Å²) in [6.45, 7) is 6.95. The van der Waals surface area contributed by atoms with Gasteiger partial charge in [0.2, 0.25) is 0 Å². The molecule has 0 amide bonds. The number of carbonyl (C=O) groups excluding carboxylic acids is 3. The lowest BCUT2D eigenvalue weighted by Gasteiger charge is -2.16. The van der Waals surface area contributed by atoms with Crippen LogP contribution in [0, 0.1) is 5.92 Å². The third-order valence-corrected chi connectivity index (χ3v) is 5.88. The van der Waals surface area contributed by atoms with Crippen LogP contribution < -0.4 is 0 Å². The molecular formula is C28H54O5. The molecule has 33 heavy (non-hydrogen) atoms. The number of hydrogen-bond acceptors (Lipinski definition) is 5. The maximum absolute atomic E-state index is 12.2. The van der Waals surface area contributed by atoms with Gasteiger partial charge < -0.3 is 14.3 Å². The molecule has 0 spiro atoms. The quantitative estimate of drug-likeness (QED) is 0.112. The molecule has 0 radical (unpaired) electrons. The molecule has 0 bridgehead atoms. The Labute approximate surface area is 204 Å². The molecule has 1 atom stereocenters. The summed E-state index contributed by atoms with van der Waals surface area (Å²) in [7, 11) is 0. The molecule has 0 rings (SSSR count). The van der Waals surface area contributed by atoms with Crippen molar-refractivity contribution in [1.82, 2.24) is 0 Å². The van der Waals surface area contributed by atoms with Crippen LogP contribution in [0.1, 0.15) is 144 Å². The number of ketones is 1. The molecule has 0 aliphatic heterocycles. The topological polar surface area (TPSA) is 69.7 Å². The van der Waals surface area contributed by atoms with Crippen molar-refractivity contribution in [3.05, 3.63) is 0 Å². The lowest BCUT2D eigenvalue weighted by atomic mass is 9.93. The first-order valence-electron chi connectivity index (χ1n) is 13.3. The molecule has 1 unspecified atom stereocenters. The Hall–Kier alpha value is -1.39. The average Bonchev–Trinajstić information content (AvgIpc) is 2.75. The highest BCUT2D eigenvalue weighted by Gasteiger charge is 2.17. The number of hydrogen-bond donors (Lipinski definition) is 0. The Morgan fingerprint density at radius 2 is 1.09 bits per heavy atom. The highest BCUT2D eigenvalue weighted by atomic mass is 16.5. The van der Waals surface area contributed by atoms with Crippen LogP contribution in [0.15, 0.2) is 0 Å². The molecule has 0 fully saturated rings. The summed E-state index contributed by atoms with van der Waals surface area (Å²) in [4.78, 5) is 35.6. The van der Waals surface area contributed by atoms with Gasteiger partial charge >= 0.3 is 11.9 Å². The van der Waals surface area contributed by atoms with Crippen molar-refractivity contribution >= 4 is 17.7 Å². The van der Waals surface area contributed by atoms with Crippen molar-refractivity contribution < 1.29 is 23.9 Å². The second-order valence-corrected chi connectivity index (χ2v) is 9.18. The van der Waals surface area contributed by atoms with E-state index in [1.807, 2.05) is 0 Å². The molecule has 0 aromatic heterocycles. The van der Waals surface area contributed by atoms with Gasteiger partial charge in [0, 0.05) is 19.3 Å². The lowest BCUT2D eigenvalue weighted by Crippen LogP contribution is -2.15. The van der Waals surface area contributed by atoms with Gasteiger partial charge in [-0.05, 0) is 44.9 Å². The first-order valence-corrected chi connectivity index (χ1v) is 13.3. The predicted molar refractivity (Wildman–Crippen MR) is 137 cm³/mol. The number of ether oxygens (including phenoxy) is 2. The molecular weight excluding hydrogens is 416 g/mol. The van der Waals surface area contributed by atoms with E-state index in [0.29, 0.717) is 38.9 Å². The molecule has 0 saturated carbocycles. The van der Waals surface area contributed by atoms with Crippen molar-refractivity contribution in [2.75, 3.05) is 13.2 Å². The summed E-state index contributed by atoms with van der Waals surface area (Å²) in [6.07, 6.45) is 17.2. The van der Waals surface area contributed by atoms with Crippen LogP contribution in [0.2, 0.25) is 0 Å². The van der Waals surface area contributed by atoms with Gasteiger partial charge in [-0.1, -0.05) is 85.5 Å². The molecule has 0 aromatic carbocycles. The zero-order valence-electron chi connectivity index (χ0n) is 21.3. The molecule has 0 aromatic rings. The zero-order valence-corrected chi connectivity index (χ0v) is 21.3. The minimum atomic E-state index is -0.188. The average molecular weight is 471 g/mol. The minimum absolute atomic E-state index is 0. The fraction of sp³-hybridized carbons (Fsp3) is 0.893. The number of unbranched alkanes of at least 4 members (excludes halogenated alkanes) is 10. The highest BCUT2D eigenvalue weighted by Crippen LogP contribution is 2.20. The van der Waals surface area contributed by atoms with Crippen LogP contribution >= 0.6 is 0 Å². The van der Waals surface area contributed by atoms with E-state index in [2.05, 4.69) is 13.8 Å². The first kappa shape index (κ1) is 33.8. The Balaban J connectivity index is 0. The first-order chi connectivity index (χ1) is 15.5. The van der Waals surface area contributed by atoms with E-state index < -0.39 is 0 Å². The molecule has 0 N–H and O–H groups in total. The molecule has 0 saturated heterocycles. The van der Waals surface area contributed by atoms with Gasteiger partial charge in [-0.3, -0.25) is 9.59 Å². The normalized spacial score (nSPS) is 11.5. The second kappa shape index (κ2) is 25.2. The van der Waals surface area contributed by atoms with Crippen LogP contribution in [0.5, 0.6) is 0 Å². The Morgan fingerprint density at radius 1 is 0.606 bits per heavy atom. The van der Waals surface area contributed by atoms with E-state index in [0.717, 1.165) is 38.5 Å². The number of carbonyl (C=O) groups is 3. The number of esters is 2. The number of Topliss-reactive ketones (excluding diaryl/α,β-unsaturated/α-hetero) is 1. The summed E-state index contributed by atoms with van der Waals surface area (Å²) in [5, 5.41) is 0. The SMILES string of the molecule is C.CCCCCCCCOC(=O)CCC(CCCC(C)=O)CC(=O)OCCCCCCCC. The van der Waals surface area contributed by atoms with Crippen molar-refractivity contribution in [3.63, 3.8) is 0 Å². The largest absolute Gasteiger partial charge is 0.466 e. The van der Waals surface area contributed by atoms with Crippen molar-refractivity contribution in [3.8, 4) is 0 Å². The summed E-state index contributed by atoms with van der Waals surface area (Å²) in [6, 6.07) is 0. The van der Waals surface area contributed by atoms with Crippen molar-refractivity contribution in [2.24, 2.45) is 5.92 Å². The molecule has 5 heteroatoms. The summed E-state index contributed by atoms with van der Waals surface area (Å²) < 4.78 is 10.8. The third-order valence-electron chi connectivity index (χ3n) is 5.88. The monoisotopic (exact) mass is 470 g/mol. The van der Waals surface area contributed by atoms with E-state index in [1.54, 1.807) is 6.92 Å². The van der Waals surface area contributed by atoms with Crippen LogP contribution in [-0.4, -0.2) is 30.9 Å². The van der Waals surface area contributed by atoms with Gasteiger partial charge in [0.05, 0.1) is 13.2 Å². The predicted octanol–water partition coefficient (Wildman–Crippen LogP) is 7.98. The minimum Gasteiger partial charge on any atom is -0.466 e. The zero-order chi connectivity index (χ0) is 23.9. The summed E-state index contributed by atoms with van der Waals surface area (Å²) in [5.74, 6) is -0.150. The van der Waals surface area contributed by atoms with Crippen molar-refractivity contribution in [1.29, 1.82) is 0 Å². The number of rotatable bonds is 23. The van der Waals surface area contributed by atoms with Crippen LogP contribution in [0.25, 0.3) is 0 Å². The van der Waals surface area contributed by atoms with Gasteiger partial charge in [0.15, 0.2) is 0 Å². The van der Waals surface area contributed by atoms with Gasteiger partial charge in [-0.25, -0.2) is 0 Å². The maximum Gasteiger partial charge on any atom is 0.306 e. The summed E-state index contributed by atoms with van der Waals surface area (Å²) in [5.41, 5.74) is 0. The van der Waals surface area contributed by atoms with Crippen molar-refractivity contribution in [2.45, 2.75) is 144 Å². The molecule has 0 heterocycles. The lowest BCUT2D eigenvalue weighted by molar-refractivity contribution is -0.147. The summed E-state index contributed by atoms with van der Waals surface area (Å²) >= 11 is 0. The van der Waals surface area contributed by atoms with Crippen LogP contribution in [0.4, 0.5) is 0 Å². The Kier molecular flexibility index (Phi) is 25.8. The van der Waals surface area contributed by atoms with Gasteiger partial charge in [0.25, 0.3) is 0 Å². The highest BCUT2D eigenvalue weighted by molar-refractivity contribution is 5.75. The Morgan fingerprint density at radius 3 is 1.61 bits per heavy atom.